The summed E-state index contributed by atoms with van der Waals surface area (Å²) in [6, 6.07) is 18.9. The van der Waals surface area contributed by atoms with Crippen molar-refractivity contribution in [3.8, 4) is 17.1 Å². The summed E-state index contributed by atoms with van der Waals surface area (Å²) in [5.74, 6) is -0.172. The summed E-state index contributed by atoms with van der Waals surface area (Å²) in [6.07, 6.45) is 0.864. The first kappa shape index (κ1) is 20.3. The first-order valence-corrected chi connectivity index (χ1v) is 9.56. The molecular weight excluding hydrogens is 368 g/mol. The van der Waals surface area contributed by atoms with E-state index in [0.29, 0.717) is 18.3 Å². The van der Waals surface area contributed by atoms with Gasteiger partial charge in [-0.15, -0.1) is 5.10 Å². The number of rotatable bonds is 8. The number of esters is 1. The molecule has 1 heterocycles. The molecule has 0 radical (unpaired) electrons. The maximum Gasteiger partial charge on any atom is 0.378 e. The number of hydrogen-bond acceptors (Lipinski definition) is 5. The van der Waals surface area contributed by atoms with Crippen molar-refractivity contribution in [1.82, 2.24) is 20.1 Å². The second-order valence-electron chi connectivity index (χ2n) is 6.98. The van der Waals surface area contributed by atoms with E-state index in [0.717, 1.165) is 17.7 Å². The second-order valence-corrected chi connectivity index (χ2v) is 6.98. The number of hydrogen-bond donors (Lipinski definition) is 1. The van der Waals surface area contributed by atoms with Gasteiger partial charge in [0.2, 0.25) is 0 Å². The van der Waals surface area contributed by atoms with E-state index in [1.165, 1.54) is 0 Å². The molecule has 0 bridgehead atoms. The lowest BCUT2D eigenvalue weighted by molar-refractivity contribution is -0.124. The van der Waals surface area contributed by atoms with Crippen LogP contribution in [-0.2, 0) is 9.53 Å². The van der Waals surface area contributed by atoms with Gasteiger partial charge in [-0.25, -0.2) is 14.5 Å². The van der Waals surface area contributed by atoms with Gasteiger partial charge in [0.25, 0.3) is 11.7 Å². The van der Waals surface area contributed by atoms with Crippen molar-refractivity contribution >= 4 is 11.9 Å². The third-order valence-corrected chi connectivity index (χ3v) is 4.20. The Kier molecular flexibility index (Phi) is 6.73. The predicted octanol–water partition coefficient (Wildman–Crippen LogP) is 3.25. The lowest BCUT2D eigenvalue weighted by Gasteiger charge is -2.07. The van der Waals surface area contributed by atoms with Crippen molar-refractivity contribution in [1.29, 1.82) is 0 Å². The Bertz CT molecular complexity index is 896. The molecule has 0 saturated heterocycles. The molecule has 0 aliphatic carbocycles. The van der Waals surface area contributed by atoms with E-state index in [4.69, 9.17) is 4.74 Å². The van der Waals surface area contributed by atoms with Crippen LogP contribution in [0.4, 0.5) is 0 Å². The third-order valence-electron chi connectivity index (χ3n) is 4.20. The largest absolute Gasteiger partial charge is 0.450 e. The summed E-state index contributed by atoms with van der Waals surface area (Å²) in [4.78, 5) is 28.6. The number of nitrogens with one attached hydrogen (secondary N) is 1. The van der Waals surface area contributed by atoms with Crippen LogP contribution in [0, 0.1) is 5.92 Å². The molecule has 0 unspecified atom stereocenters. The highest BCUT2D eigenvalue weighted by Crippen LogP contribution is 2.21. The van der Waals surface area contributed by atoms with Crippen LogP contribution in [0.1, 0.15) is 30.9 Å². The van der Waals surface area contributed by atoms with Crippen LogP contribution in [0.5, 0.6) is 0 Å². The Balaban J connectivity index is 1.75. The van der Waals surface area contributed by atoms with Gasteiger partial charge in [0.1, 0.15) is 0 Å². The Morgan fingerprint density at radius 3 is 2.34 bits per heavy atom. The molecule has 7 nitrogen and oxygen atoms in total. The SMILES string of the molecule is CC(C)CCNC(=O)COC(=O)c1nc(-c2ccccc2)n(-c2ccccc2)n1. The van der Waals surface area contributed by atoms with Gasteiger partial charge in [-0.1, -0.05) is 62.4 Å². The summed E-state index contributed by atoms with van der Waals surface area (Å²) in [5.41, 5.74) is 1.58. The van der Waals surface area contributed by atoms with Gasteiger partial charge < -0.3 is 10.1 Å². The maximum atomic E-state index is 12.4. The summed E-state index contributed by atoms with van der Waals surface area (Å²) in [5, 5.41) is 7.05. The van der Waals surface area contributed by atoms with E-state index in [9.17, 15) is 9.59 Å². The molecule has 0 spiro atoms. The Morgan fingerprint density at radius 1 is 1.03 bits per heavy atom. The molecule has 1 N–H and O–H groups in total. The molecule has 0 fully saturated rings. The predicted molar refractivity (Wildman–Crippen MR) is 110 cm³/mol. The fourth-order valence-electron chi connectivity index (χ4n) is 2.67. The highest BCUT2D eigenvalue weighted by molar-refractivity contribution is 5.88. The Hall–Kier alpha value is -3.48. The van der Waals surface area contributed by atoms with Gasteiger partial charge in [0, 0.05) is 12.1 Å². The van der Waals surface area contributed by atoms with E-state index in [-0.39, 0.29) is 18.3 Å². The number of amides is 1. The standard InChI is InChI=1S/C22H24N4O3/c1-16(2)13-14-23-19(27)15-29-22(28)20-24-21(17-9-5-3-6-10-17)26(25-20)18-11-7-4-8-12-18/h3-12,16H,13-15H2,1-2H3,(H,23,27). The van der Waals surface area contributed by atoms with Crippen LogP contribution < -0.4 is 5.32 Å². The van der Waals surface area contributed by atoms with Crippen molar-refractivity contribution in [2.75, 3.05) is 13.2 Å². The minimum Gasteiger partial charge on any atom is -0.450 e. The fourth-order valence-corrected chi connectivity index (χ4v) is 2.67. The number of ether oxygens (including phenoxy) is 1. The molecular formula is C22H24N4O3. The molecule has 29 heavy (non-hydrogen) atoms. The normalized spacial score (nSPS) is 10.7. The van der Waals surface area contributed by atoms with Gasteiger partial charge in [-0.3, -0.25) is 4.79 Å². The second kappa shape index (κ2) is 9.64. The summed E-state index contributed by atoms with van der Waals surface area (Å²) in [7, 11) is 0. The topological polar surface area (TPSA) is 86.1 Å². The van der Waals surface area contributed by atoms with Crippen molar-refractivity contribution in [2.24, 2.45) is 5.92 Å². The molecule has 1 amide bonds. The monoisotopic (exact) mass is 392 g/mol. The first-order valence-electron chi connectivity index (χ1n) is 9.56. The van der Waals surface area contributed by atoms with E-state index in [1.54, 1.807) is 4.68 Å². The van der Waals surface area contributed by atoms with E-state index >= 15 is 0 Å². The molecule has 3 aromatic rings. The molecule has 0 saturated carbocycles. The molecule has 0 aliphatic rings. The van der Waals surface area contributed by atoms with Gasteiger partial charge in [-0.2, -0.15) is 0 Å². The third kappa shape index (κ3) is 5.51. The average Bonchev–Trinajstić information content (AvgIpc) is 3.19. The highest BCUT2D eigenvalue weighted by atomic mass is 16.5. The van der Waals surface area contributed by atoms with Crippen molar-refractivity contribution in [3.05, 3.63) is 66.5 Å². The Labute approximate surface area is 169 Å². The number of carbonyl (C=O) groups is 2. The van der Waals surface area contributed by atoms with E-state index in [1.807, 2.05) is 60.7 Å². The molecule has 0 atom stereocenters. The minimum absolute atomic E-state index is 0.0947. The number of carbonyl (C=O) groups excluding carboxylic acids is 2. The first-order chi connectivity index (χ1) is 14.0. The van der Waals surface area contributed by atoms with Crippen molar-refractivity contribution in [3.63, 3.8) is 0 Å². The zero-order chi connectivity index (χ0) is 20.6. The number of nitrogens with zero attached hydrogens (tertiary/aromatic N) is 3. The molecule has 7 heteroatoms. The van der Waals surface area contributed by atoms with Gasteiger partial charge in [0.05, 0.1) is 5.69 Å². The van der Waals surface area contributed by atoms with Gasteiger partial charge in [0.15, 0.2) is 12.4 Å². The smallest absolute Gasteiger partial charge is 0.378 e. The zero-order valence-electron chi connectivity index (χ0n) is 16.5. The summed E-state index contributed by atoms with van der Waals surface area (Å²) >= 11 is 0. The van der Waals surface area contributed by atoms with Crippen LogP contribution in [0.15, 0.2) is 60.7 Å². The molecule has 2 aromatic carbocycles. The quantitative estimate of drug-likeness (QED) is 0.595. The highest BCUT2D eigenvalue weighted by Gasteiger charge is 2.20. The Morgan fingerprint density at radius 2 is 1.69 bits per heavy atom. The lowest BCUT2D eigenvalue weighted by atomic mass is 10.1. The van der Waals surface area contributed by atoms with Crippen molar-refractivity contribution in [2.45, 2.75) is 20.3 Å². The fraction of sp³-hybridized carbons (Fsp3) is 0.273. The van der Waals surface area contributed by atoms with E-state index < -0.39 is 5.97 Å². The van der Waals surface area contributed by atoms with Crippen LogP contribution >= 0.6 is 0 Å². The van der Waals surface area contributed by atoms with E-state index in [2.05, 4.69) is 29.2 Å². The van der Waals surface area contributed by atoms with Gasteiger partial charge in [-0.05, 0) is 24.5 Å². The minimum atomic E-state index is -0.740. The van der Waals surface area contributed by atoms with Gasteiger partial charge >= 0.3 is 5.97 Å². The molecule has 150 valence electrons. The van der Waals surface area contributed by atoms with Crippen LogP contribution in [0.3, 0.4) is 0 Å². The van der Waals surface area contributed by atoms with Crippen molar-refractivity contribution < 1.29 is 14.3 Å². The summed E-state index contributed by atoms with van der Waals surface area (Å²) in [6.45, 7) is 4.33. The number of aromatic nitrogens is 3. The zero-order valence-corrected chi connectivity index (χ0v) is 16.5. The van der Waals surface area contributed by atoms with Crippen LogP contribution in [0.25, 0.3) is 17.1 Å². The molecule has 3 rings (SSSR count). The number of benzene rings is 2. The molecule has 0 aliphatic heterocycles. The average molecular weight is 392 g/mol. The number of para-hydroxylation sites is 1. The lowest BCUT2D eigenvalue weighted by Crippen LogP contribution is -2.30. The summed E-state index contributed by atoms with van der Waals surface area (Å²) < 4.78 is 6.69. The molecule has 1 aromatic heterocycles. The van der Waals surface area contributed by atoms with Crippen LogP contribution in [-0.4, -0.2) is 39.8 Å². The van der Waals surface area contributed by atoms with Crippen LogP contribution in [0.2, 0.25) is 0 Å². The maximum absolute atomic E-state index is 12.4.